The van der Waals surface area contributed by atoms with Crippen molar-refractivity contribution in [1.82, 2.24) is 5.32 Å². The van der Waals surface area contributed by atoms with Gasteiger partial charge in [0.05, 0.1) is 32.5 Å². The lowest BCUT2D eigenvalue weighted by Crippen LogP contribution is -2.29. The van der Waals surface area contributed by atoms with Crippen LogP contribution >= 0.6 is 0 Å². The Bertz CT molecular complexity index is 995. The van der Waals surface area contributed by atoms with Gasteiger partial charge in [-0.15, -0.1) is 0 Å². The van der Waals surface area contributed by atoms with E-state index < -0.39 is 0 Å². The molecule has 1 heterocycles. The first-order chi connectivity index (χ1) is 14.2. The fourth-order valence-corrected chi connectivity index (χ4v) is 3.49. The summed E-state index contributed by atoms with van der Waals surface area (Å²) < 4.78 is 17.0. The highest BCUT2D eigenvalue weighted by Gasteiger charge is 2.14. The van der Waals surface area contributed by atoms with Gasteiger partial charge < -0.3 is 19.5 Å². The highest BCUT2D eigenvalue weighted by atomic mass is 16.6. The Labute approximate surface area is 170 Å². The molecule has 5 nitrogen and oxygen atoms in total. The fourth-order valence-electron chi connectivity index (χ4n) is 3.49. The largest absolute Gasteiger partial charge is 0.493 e. The molecule has 0 radical (unpaired) electrons. The highest BCUT2D eigenvalue weighted by Crippen LogP contribution is 2.28. The Morgan fingerprint density at radius 3 is 2.69 bits per heavy atom. The first kappa shape index (κ1) is 19.4. The minimum absolute atomic E-state index is 0.0837. The second kappa shape index (κ2) is 9.07. The summed E-state index contributed by atoms with van der Waals surface area (Å²) in [6.45, 7) is 2.59. The van der Waals surface area contributed by atoms with Crippen molar-refractivity contribution in [1.29, 1.82) is 0 Å². The number of carbonyl (C=O) groups is 1. The summed E-state index contributed by atoms with van der Waals surface area (Å²) in [5, 5.41) is 4.91. The first-order valence-electron chi connectivity index (χ1n) is 9.91. The predicted molar refractivity (Wildman–Crippen MR) is 113 cm³/mol. The maximum Gasteiger partial charge on any atom is 0.251 e. The predicted octanol–water partition coefficient (Wildman–Crippen LogP) is 4.05. The number of rotatable bonds is 6. The Hall–Kier alpha value is -2.89. The summed E-state index contributed by atoms with van der Waals surface area (Å²) in [6.07, 6.45) is 0.941. The van der Waals surface area contributed by atoms with Gasteiger partial charge in [-0.3, -0.25) is 4.79 Å². The molecule has 150 valence electrons. The van der Waals surface area contributed by atoms with Crippen molar-refractivity contribution in [3.05, 3.63) is 66.2 Å². The molecule has 1 atom stereocenters. The standard InChI is InChI=1S/C24H25NO4/c1-25-24(26)21-4-2-3-17(14-21)18-5-6-20-15-22(8-7-19(20)13-18)28-10-9-23-16-27-11-12-29-23/h2-8,13-15,23H,9-12,16H2,1H3,(H,25,26). The van der Waals surface area contributed by atoms with E-state index in [4.69, 9.17) is 14.2 Å². The summed E-state index contributed by atoms with van der Waals surface area (Å²) in [6, 6.07) is 20.1. The summed E-state index contributed by atoms with van der Waals surface area (Å²) >= 11 is 0. The van der Waals surface area contributed by atoms with Crippen molar-refractivity contribution in [3.8, 4) is 16.9 Å². The quantitative estimate of drug-likeness (QED) is 0.689. The van der Waals surface area contributed by atoms with Crippen molar-refractivity contribution in [2.75, 3.05) is 33.5 Å². The van der Waals surface area contributed by atoms with Gasteiger partial charge in [0.15, 0.2) is 0 Å². The van der Waals surface area contributed by atoms with Gasteiger partial charge in [-0.05, 0) is 52.2 Å². The Kier molecular flexibility index (Phi) is 6.08. The topological polar surface area (TPSA) is 56.8 Å². The summed E-state index contributed by atoms with van der Waals surface area (Å²) in [5.74, 6) is 0.767. The number of ether oxygens (including phenoxy) is 3. The maximum absolute atomic E-state index is 11.9. The van der Waals surface area contributed by atoms with Gasteiger partial charge in [-0.1, -0.05) is 30.3 Å². The van der Waals surface area contributed by atoms with Crippen molar-refractivity contribution >= 4 is 16.7 Å². The Morgan fingerprint density at radius 1 is 1.03 bits per heavy atom. The lowest BCUT2D eigenvalue weighted by Gasteiger charge is -2.22. The summed E-state index contributed by atoms with van der Waals surface area (Å²) in [4.78, 5) is 11.9. The van der Waals surface area contributed by atoms with Crippen LogP contribution in [-0.4, -0.2) is 45.5 Å². The second-order valence-electron chi connectivity index (χ2n) is 7.09. The van der Waals surface area contributed by atoms with Gasteiger partial charge in [-0.25, -0.2) is 0 Å². The minimum Gasteiger partial charge on any atom is -0.493 e. The molecular weight excluding hydrogens is 366 g/mol. The van der Waals surface area contributed by atoms with Crippen LogP contribution in [-0.2, 0) is 9.47 Å². The molecule has 1 aliphatic heterocycles. The van der Waals surface area contributed by atoms with E-state index in [1.165, 1.54) is 0 Å². The highest BCUT2D eigenvalue weighted by molar-refractivity contribution is 5.96. The lowest BCUT2D eigenvalue weighted by atomic mass is 9.99. The van der Waals surface area contributed by atoms with Gasteiger partial charge in [0.25, 0.3) is 5.91 Å². The summed E-state index contributed by atoms with van der Waals surface area (Å²) in [7, 11) is 1.64. The molecule has 0 bridgehead atoms. The Morgan fingerprint density at radius 2 is 1.86 bits per heavy atom. The van der Waals surface area contributed by atoms with Crippen LogP contribution in [0.5, 0.6) is 5.75 Å². The first-order valence-corrected chi connectivity index (χ1v) is 9.91. The third kappa shape index (κ3) is 4.75. The van der Waals surface area contributed by atoms with Crippen LogP contribution in [0.1, 0.15) is 16.8 Å². The monoisotopic (exact) mass is 391 g/mol. The third-order valence-corrected chi connectivity index (χ3v) is 5.09. The average molecular weight is 391 g/mol. The fraction of sp³-hybridized carbons (Fsp3) is 0.292. The van der Waals surface area contributed by atoms with E-state index in [1.807, 2.05) is 30.3 Å². The SMILES string of the molecule is CNC(=O)c1cccc(-c2ccc3cc(OCCC4COCCO4)ccc3c2)c1. The van der Waals surface area contributed by atoms with E-state index in [0.29, 0.717) is 32.0 Å². The zero-order chi connectivity index (χ0) is 20.1. The molecule has 0 aromatic heterocycles. The molecule has 1 fully saturated rings. The molecule has 5 heteroatoms. The molecule has 1 aliphatic rings. The van der Waals surface area contributed by atoms with E-state index in [0.717, 1.165) is 34.1 Å². The molecule has 0 saturated carbocycles. The number of nitrogens with one attached hydrogen (secondary N) is 1. The smallest absolute Gasteiger partial charge is 0.251 e. The number of carbonyl (C=O) groups excluding carboxylic acids is 1. The van der Waals surface area contributed by atoms with Crippen molar-refractivity contribution in [3.63, 3.8) is 0 Å². The van der Waals surface area contributed by atoms with E-state index in [-0.39, 0.29) is 12.0 Å². The van der Waals surface area contributed by atoms with Gasteiger partial charge >= 0.3 is 0 Å². The average Bonchev–Trinajstić information content (AvgIpc) is 2.79. The second-order valence-corrected chi connectivity index (χ2v) is 7.09. The summed E-state index contributed by atoms with van der Waals surface area (Å²) in [5.41, 5.74) is 2.75. The maximum atomic E-state index is 11.9. The molecule has 1 unspecified atom stereocenters. The molecule has 1 N–H and O–H groups in total. The van der Waals surface area contributed by atoms with Gasteiger partial charge in [0.2, 0.25) is 0 Å². The van der Waals surface area contributed by atoms with Crippen LogP contribution in [0.2, 0.25) is 0 Å². The van der Waals surface area contributed by atoms with E-state index in [9.17, 15) is 4.79 Å². The van der Waals surface area contributed by atoms with E-state index in [1.54, 1.807) is 7.05 Å². The van der Waals surface area contributed by atoms with Crippen LogP contribution in [0.25, 0.3) is 21.9 Å². The number of benzene rings is 3. The van der Waals surface area contributed by atoms with Crippen LogP contribution in [0.15, 0.2) is 60.7 Å². The molecule has 3 aromatic carbocycles. The van der Waals surface area contributed by atoms with Crippen LogP contribution in [0, 0.1) is 0 Å². The molecule has 0 aliphatic carbocycles. The van der Waals surface area contributed by atoms with Gasteiger partial charge in [-0.2, -0.15) is 0 Å². The number of hydrogen-bond donors (Lipinski definition) is 1. The van der Waals surface area contributed by atoms with Crippen LogP contribution in [0.3, 0.4) is 0 Å². The molecule has 4 rings (SSSR count). The van der Waals surface area contributed by atoms with Crippen molar-refractivity contribution in [2.24, 2.45) is 0 Å². The number of fused-ring (bicyclic) bond motifs is 1. The molecular formula is C24H25NO4. The minimum atomic E-state index is -0.0837. The van der Waals surface area contributed by atoms with Gasteiger partial charge in [0, 0.05) is 19.0 Å². The Balaban J connectivity index is 1.46. The zero-order valence-corrected chi connectivity index (χ0v) is 16.5. The van der Waals surface area contributed by atoms with Crippen LogP contribution < -0.4 is 10.1 Å². The van der Waals surface area contributed by atoms with Gasteiger partial charge in [0.1, 0.15) is 5.75 Å². The third-order valence-electron chi connectivity index (χ3n) is 5.09. The van der Waals surface area contributed by atoms with E-state index >= 15 is 0 Å². The van der Waals surface area contributed by atoms with Crippen molar-refractivity contribution in [2.45, 2.75) is 12.5 Å². The number of amides is 1. The molecule has 1 amide bonds. The molecule has 0 spiro atoms. The molecule has 29 heavy (non-hydrogen) atoms. The molecule has 1 saturated heterocycles. The molecule has 3 aromatic rings. The van der Waals surface area contributed by atoms with Crippen molar-refractivity contribution < 1.29 is 19.0 Å². The lowest BCUT2D eigenvalue weighted by molar-refractivity contribution is -0.0935. The zero-order valence-electron chi connectivity index (χ0n) is 16.5. The number of hydrogen-bond acceptors (Lipinski definition) is 4. The van der Waals surface area contributed by atoms with Crippen LogP contribution in [0.4, 0.5) is 0 Å². The van der Waals surface area contributed by atoms with E-state index in [2.05, 4.69) is 35.6 Å². The normalized spacial score (nSPS) is 16.5.